The van der Waals surface area contributed by atoms with Gasteiger partial charge < -0.3 is 4.74 Å². The Bertz CT molecular complexity index is 900. The number of carbonyl (C=O) groups excluding carboxylic acids is 1. The molecule has 2 aromatic rings. The van der Waals surface area contributed by atoms with E-state index < -0.39 is 21.8 Å². The number of hydrogen-bond acceptors (Lipinski definition) is 4. The summed E-state index contributed by atoms with van der Waals surface area (Å²) in [5.41, 5.74) is -0.153. The topological polar surface area (TPSA) is 63.7 Å². The molecule has 0 amide bonds. The van der Waals surface area contributed by atoms with Crippen molar-refractivity contribution >= 4 is 39.2 Å². The molecule has 0 aliphatic carbocycles. The van der Waals surface area contributed by atoms with E-state index in [4.69, 9.17) is 27.9 Å². The van der Waals surface area contributed by atoms with Gasteiger partial charge in [-0.15, -0.1) is 0 Å². The highest BCUT2D eigenvalue weighted by atomic mass is 35.5. The van der Waals surface area contributed by atoms with Crippen molar-refractivity contribution < 1.29 is 22.3 Å². The zero-order valence-corrected chi connectivity index (χ0v) is 14.9. The molecule has 0 aliphatic rings. The summed E-state index contributed by atoms with van der Waals surface area (Å²) in [5.74, 6) is -1.57. The van der Waals surface area contributed by atoms with Gasteiger partial charge in [0.15, 0.2) is 0 Å². The van der Waals surface area contributed by atoms with Crippen LogP contribution >= 0.6 is 23.2 Å². The van der Waals surface area contributed by atoms with Crippen LogP contribution in [0.1, 0.15) is 10.4 Å². The minimum Gasteiger partial charge on any atom is -0.421 e. The number of ether oxygens (including phenoxy) is 1. The highest BCUT2D eigenvalue weighted by Gasteiger charge is 2.22. The number of carbonyl (C=O) groups is 1. The van der Waals surface area contributed by atoms with Crippen LogP contribution in [0.15, 0.2) is 41.3 Å². The van der Waals surface area contributed by atoms with Gasteiger partial charge in [0.25, 0.3) is 0 Å². The van der Waals surface area contributed by atoms with E-state index in [1.165, 1.54) is 32.3 Å². The predicted molar refractivity (Wildman–Crippen MR) is 88.7 cm³/mol. The molecule has 0 saturated carbocycles. The molecule has 0 spiro atoms. The summed E-state index contributed by atoms with van der Waals surface area (Å²) in [7, 11) is -1.02. The Hall–Kier alpha value is -1.67. The molecule has 0 heterocycles. The van der Waals surface area contributed by atoms with Crippen molar-refractivity contribution in [3.05, 3.63) is 57.8 Å². The third kappa shape index (κ3) is 3.87. The highest BCUT2D eigenvalue weighted by molar-refractivity contribution is 7.89. The van der Waals surface area contributed by atoms with E-state index in [0.29, 0.717) is 0 Å². The lowest BCUT2D eigenvalue weighted by atomic mass is 10.2. The Balaban J connectivity index is 2.39. The lowest BCUT2D eigenvalue weighted by molar-refractivity contribution is 0.0734. The predicted octanol–water partition coefficient (Wildman–Crippen LogP) is 3.60. The number of nitrogens with zero attached hydrogens (tertiary/aromatic N) is 1. The van der Waals surface area contributed by atoms with E-state index in [0.717, 1.165) is 22.5 Å². The Kier molecular flexibility index (Phi) is 5.49. The first-order chi connectivity index (χ1) is 11.1. The van der Waals surface area contributed by atoms with Crippen LogP contribution in [0.3, 0.4) is 0 Å². The van der Waals surface area contributed by atoms with Crippen molar-refractivity contribution in [3.63, 3.8) is 0 Å². The van der Waals surface area contributed by atoms with Gasteiger partial charge in [-0.3, -0.25) is 0 Å². The molecule has 0 N–H and O–H groups in total. The first-order valence-corrected chi connectivity index (χ1v) is 8.72. The monoisotopic (exact) mass is 391 g/mol. The van der Waals surface area contributed by atoms with Gasteiger partial charge in [-0.25, -0.2) is 21.9 Å². The van der Waals surface area contributed by atoms with E-state index in [9.17, 15) is 17.6 Å². The van der Waals surface area contributed by atoms with Crippen LogP contribution in [0, 0.1) is 5.82 Å². The van der Waals surface area contributed by atoms with Crippen LogP contribution < -0.4 is 4.74 Å². The molecular weight excluding hydrogens is 380 g/mol. The Labute approximate surface area is 148 Å². The van der Waals surface area contributed by atoms with Crippen LogP contribution in [0.2, 0.25) is 10.0 Å². The van der Waals surface area contributed by atoms with Gasteiger partial charge >= 0.3 is 5.97 Å². The maximum atomic E-state index is 13.0. The fraction of sp³-hybridized carbons (Fsp3) is 0.133. The molecular formula is C15H12Cl2FNO4S. The summed E-state index contributed by atoms with van der Waals surface area (Å²) in [6.45, 7) is 0. The zero-order chi connectivity index (χ0) is 18.1. The molecule has 24 heavy (non-hydrogen) atoms. The number of benzene rings is 2. The minimum absolute atomic E-state index is 0.0101. The van der Waals surface area contributed by atoms with Crippen LogP contribution in [0.4, 0.5) is 4.39 Å². The first-order valence-electron chi connectivity index (χ1n) is 6.52. The van der Waals surface area contributed by atoms with Gasteiger partial charge in [-0.2, -0.15) is 0 Å². The Morgan fingerprint density at radius 1 is 1.08 bits per heavy atom. The quantitative estimate of drug-likeness (QED) is 0.589. The smallest absolute Gasteiger partial charge is 0.345 e. The largest absolute Gasteiger partial charge is 0.421 e. The molecule has 2 rings (SSSR count). The fourth-order valence-electron chi connectivity index (χ4n) is 1.74. The summed E-state index contributed by atoms with van der Waals surface area (Å²) >= 11 is 11.7. The number of rotatable bonds is 4. The van der Waals surface area contributed by atoms with E-state index in [1.54, 1.807) is 0 Å². The summed E-state index contributed by atoms with van der Waals surface area (Å²) in [4.78, 5) is 12.1. The van der Waals surface area contributed by atoms with E-state index >= 15 is 0 Å². The third-order valence-electron chi connectivity index (χ3n) is 3.03. The number of hydrogen-bond donors (Lipinski definition) is 0. The molecule has 0 radical (unpaired) electrons. The molecule has 0 aromatic heterocycles. The summed E-state index contributed by atoms with van der Waals surface area (Å²) in [5, 5.41) is -0.0903. The van der Waals surface area contributed by atoms with E-state index in [1.807, 2.05) is 0 Å². The standard InChI is InChI=1S/C15H12Cl2FNO4S/c1-19(2)24(21,22)10-4-5-12(16)11(8-10)15(20)23-14-6-3-9(18)7-13(14)17/h3-8H,1-2H3. The fourth-order valence-corrected chi connectivity index (χ4v) is 3.07. The number of halogens is 3. The van der Waals surface area contributed by atoms with Crippen molar-refractivity contribution in [1.29, 1.82) is 0 Å². The van der Waals surface area contributed by atoms with Crippen LogP contribution in [-0.4, -0.2) is 32.8 Å². The van der Waals surface area contributed by atoms with Crippen molar-refractivity contribution in [2.45, 2.75) is 4.90 Å². The number of esters is 1. The van der Waals surface area contributed by atoms with Gasteiger partial charge in [0.1, 0.15) is 11.6 Å². The number of sulfonamides is 1. The van der Waals surface area contributed by atoms with Crippen molar-refractivity contribution in [3.8, 4) is 5.75 Å². The molecule has 5 nitrogen and oxygen atoms in total. The van der Waals surface area contributed by atoms with Crippen LogP contribution in [0.5, 0.6) is 5.75 Å². The van der Waals surface area contributed by atoms with Gasteiger partial charge in [-0.1, -0.05) is 23.2 Å². The Morgan fingerprint density at radius 3 is 2.33 bits per heavy atom. The molecule has 0 fully saturated rings. The van der Waals surface area contributed by atoms with E-state index in [2.05, 4.69) is 0 Å². The summed E-state index contributed by atoms with van der Waals surface area (Å²) < 4.78 is 43.4. The van der Waals surface area contributed by atoms with Gasteiger partial charge in [-0.05, 0) is 36.4 Å². The average Bonchev–Trinajstić information content (AvgIpc) is 2.50. The van der Waals surface area contributed by atoms with Crippen molar-refractivity contribution in [2.24, 2.45) is 0 Å². The molecule has 2 aromatic carbocycles. The SMILES string of the molecule is CN(C)S(=O)(=O)c1ccc(Cl)c(C(=O)Oc2ccc(F)cc2Cl)c1. The average molecular weight is 392 g/mol. The van der Waals surface area contributed by atoms with Gasteiger partial charge in [0, 0.05) is 14.1 Å². The Morgan fingerprint density at radius 2 is 1.75 bits per heavy atom. The lowest BCUT2D eigenvalue weighted by Gasteiger charge is -2.13. The molecule has 9 heteroatoms. The van der Waals surface area contributed by atoms with Crippen LogP contribution in [0.25, 0.3) is 0 Å². The molecule has 0 aliphatic heterocycles. The highest BCUT2D eigenvalue weighted by Crippen LogP contribution is 2.28. The molecule has 128 valence electrons. The first kappa shape index (κ1) is 18.7. The zero-order valence-electron chi connectivity index (χ0n) is 12.6. The molecule has 0 atom stereocenters. The minimum atomic E-state index is -3.75. The van der Waals surface area contributed by atoms with Gasteiger partial charge in [0.05, 0.1) is 20.5 Å². The molecule has 0 unspecified atom stereocenters. The maximum absolute atomic E-state index is 13.0. The maximum Gasteiger partial charge on any atom is 0.345 e. The second-order valence-corrected chi connectivity index (χ2v) is 7.86. The van der Waals surface area contributed by atoms with Crippen molar-refractivity contribution in [1.82, 2.24) is 4.31 Å². The van der Waals surface area contributed by atoms with Crippen molar-refractivity contribution in [2.75, 3.05) is 14.1 Å². The van der Waals surface area contributed by atoms with Crippen LogP contribution in [-0.2, 0) is 10.0 Å². The van der Waals surface area contributed by atoms with Gasteiger partial charge in [0.2, 0.25) is 10.0 Å². The summed E-state index contributed by atoms with van der Waals surface area (Å²) in [6, 6.07) is 6.91. The normalized spacial score (nSPS) is 11.6. The van der Waals surface area contributed by atoms with E-state index in [-0.39, 0.29) is 26.3 Å². The molecule has 0 saturated heterocycles. The lowest BCUT2D eigenvalue weighted by Crippen LogP contribution is -2.22. The molecule has 0 bridgehead atoms. The second-order valence-electron chi connectivity index (χ2n) is 4.89. The second kappa shape index (κ2) is 7.06. The summed E-state index contributed by atoms with van der Waals surface area (Å²) in [6.07, 6.45) is 0. The third-order valence-corrected chi connectivity index (χ3v) is 5.47.